The summed E-state index contributed by atoms with van der Waals surface area (Å²) >= 11 is 7.41. The van der Waals surface area contributed by atoms with Crippen LogP contribution in [0.25, 0.3) is 6.08 Å². The predicted octanol–water partition coefficient (Wildman–Crippen LogP) is 5.74. The van der Waals surface area contributed by atoms with Gasteiger partial charge in [-0.25, -0.2) is 9.79 Å². The van der Waals surface area contributed by atoms with Crippen molar-refractivity contribution in [2.75, 3.05) is 7.11 Å². The third kappa shape index (κ3) is 6.20. The summed E-state index contributed by atoms with van der Waals surface area (Å²) in [6.07, 6.45) is 1.47. The molecular formula is C33H31ClN2O5S. The van der Waals surface area contributed by atoms with E-state index in [9.17, 15) is 9.59 Å². The van der Waals surface area contributed by atoms with E-state index in [1.807, 2.05) is 61.5 Å². The fraction of sp³-hybridized carbons (Fsp3) is 0.242. The Bertz CT molecular complexity index is 1840. The van der Waals surface area contributed by atoms with Crippen LogP contribution >= 0.6 is 22.9 Å². The van der Waals surface area contributed by atoms with E-state index < -0.39 is 12.0 Å². The number of halogens is 1. The minimum atomic E-state index is -0.709. The average molecular weight is 603 g/mol. The maximum atomic E-state index is 13.9. The maximum absolute atomic E-state index is 13.9. The van der Waals surface area contributed by atoms with Crippen LogP contribution in [0.15, 0.2) is 87.8 Å². The standard InChI is InChI=1S/C33H31ClN2O5S/c1-19(2)41-32(38)29-21(4)35-33-36(30(29)24-11-13-25(34)14-12-24)31(37)28(42-33)17-23-10-15-26(27(16-23)39-5)40-18-22-8-6-20(3)7-9-22/h6-17,19,30H,18H2,1-5H3/b28-17-. The van der Waals surface area contributed by atoms with Crippen molar-refractivity contribution in [3.63, 3.8) is 0 Å². The summed E-state index contributed by atoms with van der Waals surface area (Å²) in [5, 5.41) is 0.554. The van der Waals surface area contributed by atoms with Crippen molar-refractivity contribution in [3.8, 4) is 11.5 Å². The zero-order valence-electron chi connectivity index (χ0n) is 24.0. The lowest BCUT2D eigenvalue weighted by Gasteiger charge is -2.25. The van der Waals surface area contributed by atoms with Crippen LogP contribution in [0.2, 0.25) is 5.02 Å². The maximum Gasteiger partial charge on any atom is 0.338 e. The minimum absolute atomic E-state index is 0.264. The van der Waals surface area contributed by atoms with Gasteiger partial charge in [0.1, 0.15) is 6.61 Å². The van der Waals surface area contributed by atoms with Crippen LogP contribution in [0, 0.1) is 6.92 Å². The van der Waals surface area contributed by atoms with E-state index in [-0.39, 0.29) is 11.7 Å². The molecule has 0 saturated heterocycles. The largest absolute Gasteiger partial charge is 0.493 e. The Morgan fingerprint density at radius 3 is 2.43 bits per heavy atom. The summed E-state index contributed by atoms with van der Waals surface area (Å²) in [7, 11) is 1.58. The number of carbonyl (C=O) groups is 1. The molecule has 1 aromatic heterocycles. The van der Waals surface area contributed by atoms with Crippen molar-refractivity contribution in [2.45, 2.75) is 46.4 Å². The number of nitrogens with zero attached hydrogens (tertiary/aromatic N) is 2. The molecule has 3 aromatic carbocycles. The molecule has 0 saturated carbocycles. The second kappa shape index (κ2) is 12.4. The molecule has 216 valence electrons. The number of esters is 1. The van der Waals surface area contributed by atoms with Crippen molar-refractivity contribution >= 4 is 35.0 Å². The van der Waals surface area contributed by atoms with E-state index in [2.05, 4.69) is 4.99 Å². The molecule has 0 bridgehead atoms. The molecule has 0 spiro atoms. The summed E-state index contributed by atoms with van der Waals surface area (Å²) in [6, 6.07) is 20.1. The first kappa shape index (κ1) is 29.4. The summed E-state index contributed by atoms with van der Waals surface area (Å²) in [5.41, 5.74) is 4.29. The molecule has 42 heavy (non-hydrogen) atoms. The van der Waals surface area contributed by atoms with Crippen LogP contribution in [-0.2, 0) is 16.1 Å². The third-order valence-corrected chi connectivity index (χ3v) is 8.01. The van der Waals surface area contributed by atoms with E-state index in [0.717, 1.165) is 16.7 Å². The Hall–Kier alpha value is -4.14. The number of fused-ring (bicyclic) bond motifs is 1. The molecule has 0 fully saturated rings. The van der Waals surface area contributed by atoms with Gasteiger partial charge < -0.3 is 14.2 Å². The van der Waals surface area contributed by atoms with Gasteiger partial charge >= 0.3 is 5.97 Å². The molecular weight excluding hydrogens is 572 g/mol. The van der Waals surface area contributed by atoms with Crippen LogP contribution in [0.4, 0.5) is 0 Å². The van der Waals surface area contributed by atoms with Crippen LogP contribution < -0.4 is 24.4 Å². The van der Waals surface area contributed by atoms with Gasteiger partial charge in [-0.05, 0) is 74.7 Å². The second-order valence-corrected chi connectivity index (χ2v) is 11.7. The number of methoxy groups -OCH3 is 1. The number of aromatic nitrogens is 1. The highest BCUT2D eigenvalue weighted by Crippen LogP contribution is 2.32. The highest BCUT2D eigenvalue weighted by atomic mass is 35.5. The molecule has 0 N–H and O–H groups in total. The quantitative estimate of drug-likeness (QED) is 0.241. The van der Waals surface area contributed by atoms with E-state index in [1.165, 1.54) is 16.9 Å². The molecule has 0 aliphatic carbocycles. The molecule has 1 unspecified atom stereocenters. The normalized spacial score (nSPS) is 14.9. The summed E-state index contributed by atoms with van der Waals surface area (Å²) in [5.74, 6) is 0.645. The van der Waals surface area contributed by atoms with Crippen molar-refractivity contribution in [2.24, 2.45) is 4.99 Å². The van der Waals surface area contributed by atoms with Gasteiger partial charge in [-0.1, -0.05) is 71.0 Å². The third-order valence-electron chi connectivity index (χ3n) is 6.77. The van der Waals surface area contributed by atoms with Crippen LogP contribution in [0.5, 0.6) is 11.5 Å². The first-order valence-corrected chi connectivity index (χ1v) is 14.7. The Labute approximate surface area is 253 Å². The smallest absolute Gasteiger partial charge is 0.338 e. The molecule has 5 rings (SSSR count). The molecule has 4 aromatic rings. The number of hydrogen-bond acceptors (Lipinski definition) is 7. The van der Waals surface area contributed by atoms with Gasteiger partial charge in [-0.15, -0.1) is 0 Å². The number of ether oxygens (including phenoxy) is 3. The molecule has 9 heteroatoms. The van der Waals surface area contributed by atoms with E-state index in [0.29, 0.717) is 43.7 Å². The van der Waals surface area contributed by atoms with Crippen molar-refractivity contribution in [1.82, 2.24) is 4.57 Å². The Kier molecular flexibility index (Phi) is 8.66. The van der Waals surface area contributed by atoms with Crippen LogP contribution in [0.1, 0.15) is 49.1 Å². The van der Waals surface area contributed by atoms with Gasteiger partial charge in [0.2, 0.25) is 0 Å². The first-order valence-electron chi connectivity index (χ1n) is 13.5. The number of aryl methyl sites for hydroxylation is 1. The number of benzene rings is 3. The predicted molar refractivity (Wildman–Crippen MR) is 165 cm³/mol. The zero-order valence-corrected chi connectivity index (χ0v) is 25.6. The zero-order chi connectivity index (χ0) is 30.0. The molecule has 2 heterocycles. The monoisotopic (exact) mass is 602 g/mol. The summed E-state index contributed by atoms with van der Waals surface area (Å²) < 4.78 is 19.2. The first-order chi connectivity index (χ1) is 20.1. The lowest BCUT2D eigenvalue weighted by molar-refractivity contribution is -0.143. The fourth-order valence-corrected chi connectivity index (χ4v) is 5.88. The van der Waals surface area contributed by atoms with Crippen molar-refractivity contribution in [1.29, 1.82) is 0 Å². The van der Waals surface area contributed by atoms with Crippen molar-refractivity contribution in [3.05, 3.63) is 125 Å². The molecule has 1 atom stereocenters. The van der Waals surface area contributed by atoms with Gasteiger partial charge in [0.25, 0.3) is 5.56 Å². The molecule has 1 aliphatic rings. The average Bonchev–Trinajstić information content (AvgIpc) is 3.26. The van der Waals surface area contributed by atoms with Crippen LogP contribution in [0.3, 0.4) is 0 Å². The van der Waals surface area contributed by atoms with Crippen molar-refractivity contribution < 1.29 is 19.0 Å². The van der Waals surface area contributed by atoms with E-state index in [4.69, 9.17) is 25.8 Å². The topological polar surface area (TPSA) is 79.1 Å². The number of hydrogen-bond donors (Lipinski definition) is 0. The number of rotatable bonds is 8. The minimum Gasteiger partial charge on any atom is -0.493 e. The highest BCUT2D eigenvalue weighted by Gasteiger charge is 2.33. The van der Waals surface area contributed by atoms with Crippen LogP contribution in [-0.4, -0.2) is 23.8 Å². The summed E-state index contributed by atoms with van der Waals surface area (Å²) in [4.78, 5) is 32.3. The second-order valence-electron chi connectivity index (χ2n) is 10.3. The van der Waals surface area contributed by atoms with Gasteiger partial charge in [0.05, 0.1) is 35.1 Å². The van der Waals surface area contributed by atoms with E-state index in [1.54, 1.807) is 50.7 Å². The number of allylic oxidation sites excluding steroid dienone is 1. The van der Waals surface area contributed by atoms with Gasteiger partial charge in [0.15, 0.2) is 16.3 Å². The lowest BCUT2D eigenvalue weighted by Crippen LogP contribution is -2.40. The lowest BCUT2D eigenvalue weighted by atomic mass is 9.96. The van der Waals surface area contributed by atoms with Gasteiger partial charge in [0, 0.05) is 5.02 Å². The molecule has 0 radical (unpaired) electrons. The van der Waals surface area contributed by atoms with Gasteiger partial charge in [-0.3, -0.25) is 9.36 Å². The molecule has 1 aliphatic heterocycles. The summed E-state index contributed by atoms with van der Waals surface area (Å²) in [6.45, 7) is 7.78. The Morgan fingerprint density at radius 2 is 1.76 bits per heavy atom. The highest BCUT2D eigenvalue weighted by molar-refractivity contribution is 7.07. The van der Waals surface area contributed by atoms with Gasteiger partial charge in [-0.2, -0.15) is 0 Å². The fourth-order valence-electron chi connectivity index (χ4n) is 4.71. The number of carbonyl (C=O) groups excluding carboxylic acids is 1. The number of thiazole rings is 1. The van der Waals surface area contributed by atoms with E-state index >= 15 is 0 Å². The SMILES string of the molecule is COc1cc(/C=c2\sc3n(c2=O)C(c2ccc(Cl)cc2)C(C(=O)OC(C)C)=C(C)N=3)ccc1OCc1ccc(C)cc1. The molecule has 0 amide bonds. The Morgan fingerprint density at radius 1 is 1.05 bits per heavy atom. The Balaban J connectivity index is 1.53. The molecule has 7 nitrogen and oxygen atoms in total.